The fourth-order valence-electron chi connectivity index (χ4n) is 4.48. The third-order valence-corrected chi connectivity index (χ3v) is 6.48. The molecule has 5 rings (SSSR count). The summed E-state index contributed by atoms with van der Waals surface area (Å²) in [4.78, 5) is 25.6. The number of methoxy groups -OCH3 is 1. The van der Waals surface area contributed by atoms with Crippen molar-refractivity contribution in [2.75, 3.05) is 19.0 Å². The smallest absolute Gasteiger partial charge is 0.269 e. The van der Waals surface area contributed by atoms with Crippen molar-refractivity contribution in [2.24, 2.45) is 7.05 Å². The highest BCUT2D eigenvalue weighted by Gasteiger charge is 2.18. The van der Waals surface area contributed by atoms with Crippen LogP contribution >= 0.6 is 0 Å². The Kier molecular flexibility index (Phi) is 7.11. The van der Waals surface area contributed by atoms with E-state index in [-0.39, 0.29) is 18.1 Å². The third-order valence-electron chi connectivity index (χ3n) is 6.48. The predicted molar refractivity (Wildman–Crippen MR) is 152 cm³/mol. The second kappa shape index (κ2) is 11.0. The zero-order valence-corrected chi connectivity index (χ0v) is 21.5. The van der Waals surface area contributed by atoms with Gasteiger partial charge >= 0.3 is 0 Å². The third kappa shape index (κ3) is 5.22. The average molecular weight is 516 g/mol. The lowest BCUT2D eigenvalue weighted by Gasteiger charge is -2.16. The van der Waals surface area contributed by atoms with Crippen LogP contribution in [-0.4, -0.2) is 24.2 Å². The number of nitrogens with zero attached hydrogens (tertiary/aromatic N) is 2. The molecule has 0 saturated heterocycles. The molecule has 4 aromatic carbocycles. The fourth-order valence-corrected chi connectivity index (χ4v) is 4.48. The highest BCUT2D eigenvalue weighted by atomic mass is 16.5. The summed E-state index contributed by atoms with van der Waals surface area (Å²) in [6.07, 6.45) is 0. The molecule has 39 heavy (non-hydrogen) atoms. The van der Waals surface area contributed by atoms with Gasteiger partial charge in [-0.05, 0) is 58.3 Å². The number of benzene rings is 4. The number of rotatable bonds is 7. The summed E-state index contributed by atoms with van der Waals surface area (Å²) in [5, 5.41) is 14.8. The summed E-state index contributed by atoms with van der Waals surface area (Å²) in [6.45, 7) is -0.216. The predicted octanol–water partition coefficient (Wildman–Crippen LogP) is 5.77. The number of fused-ring (bicyclic) bond motifs is 1. The monoisotopic (exact) mass is 515 g/mol. The van der Waals surface area contributed by atoms with Gasteiger partial charge in [-0.2, -0.15) is 5.26 Å². The molecule has 192 valence electrons. The molecule has 0 atom stereocenters. The Morgan fingerprint density at radius 3 is 2.33 bits per heavy atom. The maximum atomic E-state index is 13.2. The van der Waals surface area contributed by atoms with Gasteiger partial charge < -0.3 is 19.4 Å². The highest BCUT2D eigenvalue weighted by molar-refractivity contribution is 5.92. The number of para-hydroxylation sites is 1. The van der Waals surface area contributed by atoms with Crippen molar-refractivity contribution >= 4 is 22.4 Å². The number of nitriles is 1. The van der Waals surface area contributed by atoms with E-state index in [1.54, 1.807) is 37.4 Å². The van der Waals surface area contributed by atoms with Crippen molar-refractivity contribution in [1.29, 1.82) is 5.26 Å². The molecule has 0 aliphatic carbocycles. The van der Waals surface area contributed by atoms with E-state index in [0.717, 1.165) is 16.3 Å². The van der Waals surface area contributed by atoms with Gasteiger partial charge in [-0.1, -0.05) is 60.7 Å². The maximum Gasteiger partial charge on any atom is 0.269 e. The molecular weight excluding hydrogens is 490 g/mol. The summed E-state index contributed by atoms with van der Waals surface area (Å²) >= 11 is 0. The van der Waals surface area contributed by atoms with Gasteiger partial charge in [0.2, 0.25) is 0 Å². The fraction of sp³-hybridized carbons (Fsp3) is 0.0938. The van der Waals surface area contributed by atoms with Crippen molar-refractivity contribution in [3.05, 3.63) is 113 Å². The number of anilines is 1. The average Bonchev–Trinajstić information content (AvgIpc) is 2.97. The van der Waals surface area contributed by atoms with Crippen LogP contribution in [0, 0.1) is 11.3 Å². The lowest BCUT2D eigenvalue weighted by molar-refractivity contribution is -0.118. The Labute approximate surface area is 225 Å². The van der Waals surface area contributed by atoms with Crippen molar-refractivity contribution in [1.82, 2.24) is 4.57 Å². The van der Waals surface area contributed by atoms with Crippen molar-refractivity contribution in [3.8, 4) is 40.0 Å². The molecule has 1 heterocycles. The Hall–Kier alpha value is -5.35. The summed E-state index contributed by atoms with van der Waals surface area (Å²) in [6, 6.07) is 32.1. The van der Waals surface area contributed by atoms with Gasteiger partial charge in [0.05, 0.1) is 12.8 Å². The number of aromatic nitrogens is 1. The van der Waals surface area contributed by atoms with Crippen LogP contribution in [0.2, 0.25) is 0 Å². The first-order valence-corrected chi connectivity index (χ1v) is 12.3. The highest BCUT2D eigenvalue weighted by Crippen LogP contribution is 2.35. The summed E-state index contributed by atoms with van der Waals surface area (Å²) in [5.74, 6) is 0.420. The minimum atomic E-state index is -0.393. The number of pyridine rings is 1. The summed E-state index contributed by atoms with van der Waals surface area (Å²) in [5.41, 5.74) is 2.94. The van der Waals surface area contributed by atoms with Crippen LogP contribution < -0.4 is 20.3 Å². The molecule has 0 unspecified atom stereocenters. The Bertz CT molecular complexity index is 1790. The minimum Gasteiger partial charge on any atom is -0.493 e. The molecule has 0 saturated carbocycles. The van der Waals surface area contributed by atoms with Crippen LogP contribution in [0.4, 0.5) is 5.69 Å². The normalized spacial score (nSPS) is 10.6. The zero-order chi connectivity index (χ0) is 27.4. The molecule has 1 N–H and O–H groups in total. The second-order valence-electron chi connectivity index (χ2n) is 8.92. The van der Waals surface area contributed by atoms with Crippen LogP contribution in [0.25, 0.3) is 33.2 Å². The number of carbonyl (C=O) groups excluding carboxylic acids is 1. The van der Waals surface area contributed by atoms with Crippen molar-refractivity contribution < 1.29 is 14.3 Å². The SMILES string of the molecule is COc1cc(-c2cc(-c3ccc4ccccc4c3)n(C)c(=O)c2C#N)ccc1OCC(=O)Nc1ccccc1. The Balaban J connectivity index is 1.48. The number of ether oxygens (including phenoxy) is 2. The standard InChI is InChI=1S/C32H25N3O4/c1-35-28(24-13-12-21-8-6-7-9-22(21)16-24)18-26(27(19-33)32(35)37)23-14-15-29(30(17-23)38-2)39-20-31(36)34-25-10-4-3-5-11-25/h3-18H,20H2,1-2H3,(H,34,36). The second-order valence-corrected chi connectivity index (χ2v) is 8.92. The quantitative estimate of drug-likeness (QED) is 0.297. The van der Waals surface area contributed by atoms with E-state index < -0.39 is 5.56 Å². The van der Waals surface area contributed by atoms with E-state index in [4.69, 9.17) is 9.47 Å². The van der Waals surface area contributed by atoms with Crippen LogP contribution in [0.15, 0.2) is 102 Å². The summed E-state index contributed by atoms with van der Waals surface area (Å²) in [7, 11) is 3.15. The van der Waals surface area contributed by atoms with Crippen LogP contribution in [0.5, 0.6) is 11.5 Å². The molecule has 1 aromatic heterocycles. The van der Waals surface area contributed by atoms with Crippen LogP contribution in [-0.2, 0) is 11.8 Å². The van der Waals surface area contributed by atoms with E-state index >= 15 is 0 Å². The van der Waals surface area contributed by atoms with E-state index in [1.807, 2.05) is 66.7 Å². The van der Waals surface area contributed by atoms with Gasteiger partial charge in [-0.15, -0.1) is 0 Å². The van der Waals surface area contributed by atoms with E-state index in [9.17, 15) is 14.9 Å². The molecule has 0 aliphatic heterocycles. The van der Waals surface area contributed by atoms with Gasteiger partial charge in [-0.3, -0.25) is 9.59 Å². The van der Waals surface area contributed by atoms with Crippen LogP contribution in [0.3, 0.4) is 0 Å². The topological polar surface area (TPSA) is 93.3 Å². The lowest BCUT2D eigenvalue weighted by Crippen LogP contribution is -2.22. The van der Waals surface area contributed by atoms with Gasteiger partial charge in [-0.25, -0.2) is 0 Å². The van der Waals surface area contributed by atoms with E-state index in [2.05, 4.69) is 11.4 Å². The number of amides is 1. The maximum absolute atomic E-state index is 13.2. The largest absolute Gasteiger partial charge is 0.493 e. The molecular formula is C32H25N3O4. The van der Waals surface area contributed by atoms with Crippen LogP contribution in [0.1, 0.15) is 5.56 Å². The van der Waals surface area contributed by atoms with Gasteiger partial charge in [0.15, 0.2) is 18.1 Å². The number of hydrogen-bond donors (Lipinski definition) is 1. The lowest BCUT2D eigenvalue weighted by atomic mass is 9.97. The minimum absolute atomic E-state index is 0.0278. The first kappa shape index (κ1) is 25.3. The Morgan fingerprint density at radius 1 is 0.872 bits per heavy atom. The molecule has 0 aliphatic rings. The molecule has 1 amide bonds. The molecule has 7 heteroatoms. The number of carbonyl (C=O) groups is 1. The van der Waals surface area contributed by atoms with Gasteiger partial charge in [0.1, 0.15) is 11.6 Å². The van der Waals surface area contributed by atoms with Crippen molar-refractivity contribution in [2.45, 2.75) is 0 Å². The molecule has 0 bridgehead atoms. The molecule has 0 radical (unpaired) electrons. The molecule has 5 aromatic rings. The van der Waals surface area contributed by atoms with Gasteiger partial charge in [0.25, 0.3) is 11.5 Å². The van der Waals surface area contributed by atoms with E-state index in [1.165, 1.54) is 11.7 Å². The van der Waals surface area contributed by atoms with Gasteiger partial charge in [0, 0.05) is 18.3 Å². The molecule has 0 fully saturated rings. The van der Waals surface area contributed by atoms with E-state index in [0.29, 0.717) is 34.0 Å². The zero-order valence-electron chi connectivity index (χ0n) is 21.5. The molecule has 7 nitrogen and oxygen atoms in total. The van der Waals surface area contributed by atoms with Crippen molar-refractivity contribution in [3.63, 3.8) is 0 Å². The first-order valence-electron chi connectivity index (χ1n) is 12.3. The number of nitrogens with one attached hydrogen (secondary N) is 1. The molecule has 0 spiro atoms. The Morgan fingerprint density at radius 2 is 1.59 bits per heavy atom. The first-order chi connectivity index (χ1) is 19.0. The summed E-state index contributed by atoms with van der Waals surface area (Å²) < 4.78 is 12.7. The number of hydrogen-bond acceptors (Lipinski definition) is 5.